The highest BCUT2D eigenvalue weighted by molar-refractivity contribution is 9.10. The van der Waals surface area contributed by atoms with Gasteiger partial charge in [-0.15, -0.1) is 0 Å². The first-order valence-corrected chi connectivity index (χ1v) is 5.96. The Morgan fingerprint density at radius 2 is 2.00 bits per heavy atom. The summed E-state index contributed by atoms with van der Waals surface area (Å²) < 4.78 is 0.994. The van der Waals surface area contributed by atoms with Crippen molar-refractivity contribution in [3.05, 3.63) is 33.8 Å². The summed E-state index contributed by atoms with van der Waals surface area (Å²) in [5.41, 5.74) is 4.67. The topological polar surface area (TPSA) is 50.4 Å². The number of halogens is 1. The van der Waals surface area contributed by atoms with Crippen LogP contribution in [-0.4, -0.2) is 11.4 Å². The lowest BCUT2D eigenvalue weighted by Gasteiger charge is -2.16. The molecule has 0 aliphatic heterocycles. The number of aliphatic imine (C=N–C) groups is 1. The molecule has 0 spiro atoms. The number of rotatable bonds is 1. The van der Waals surface area contributed by atoms with Gasteiger partial charge in [0.25, 0.3) is 0 Å². The minimum Gasteiger partial charge on any atom is -0.308 e. The third-order valence-corrected chi connectivity index (χ3v) is 2.62. The van der Waals surface area contributed by atoms with E-state index < -0.39 is 0 Å². The first kappa shape index (κ1) is 13.2. The fourth-order valence-corrected chi connectivity index (χ4v) is 2.00. The predicted molar refractivity (Wildman–Crippen MR) is 72.5 cm³/mol. The monoisotopic (exact) mass is 283 g/mol. The van der Waals surface area contributed by atoms with Gasteiger partial charge in [0.2, 0.25) is 0 Å². The number of nitrogens with one attached hydrogen (secondary N) is 1. The van der Waals surface area contributed by atoms with Gasteiger partial charge >= 0.3 is 0 Å². The van der Waals surface area contributed by atoms with E-state index in [1.54, 1.807) is 0 Å². The summed E-state index contributed by atoms with van der Waals surface area (Å²) in [6.45, 7) is 8.15. The Labute approximate surface area is 105 Å². The van der Waals surface area contributed by atoms with Gasteiger partial charge in [-0.25, -0.2) is 5.84 Å². The molecule has 0 amide bonds. The fraction of sp³-hybridized carbons (Fsp3) is 0.417. The molecule has 4 heteroatoms. The van der Waals surface area contributed by atoms with Gasteiger partial charge in [-0.05, 0) is 45.4 Å². The van der Waals surface area contributed by atoms with Crippen LogP contribution in [0, 0.1) is 6.92 Å². The van der Waals surface area contributed by atoms with Crippen molar-refractivity contribution >= 4 is 21.8 Å². The first-order chi connectivity index (χ1) is 7.33. The number of hydrazine groups is 1. The summed E-state index contributed by atoms with van der Waals surface area (Å²) >= 11 is 3.52. The molecule has 0 bridgehead atoms. The zero-order valence-electron chi connectivity index (χ0n) is 10.1. The predicted octanol–water partition coefficient (Wildman–Crippen LogP) is 2.77. The number of hydrogen-bond donors (Lipinski definition) is 2. The van der Waals surface area contributed by atoms with E-state index in [1.165, 1.54) is 5.56 Å². The lowest BCUT2D eigenvalue weighted by molar-refractivity contribution is 0.580. The van der Waals surface area contributed by atoms with Gasteiger partial charge in [0, 0.05) is 10.0 Å². The molecule has 0 aromatic heterocycles. The molecule has 0 fully saturated rings. The van der Waals surface area contributed by atoms with E-state index in [1.807, 2.05) is 45.9 Å². The van der Waals surface area contributed by atoms with E-state index in [2.05, 4.69) is 26.3 Å². The standard InChI is InChI=1S/C12H18BrN3/c1-8-5-6-9(10(13)7-8)11(16-14)15-12(2,3)4/h5-7H,14H2,1-4H3,(H,15,16). The molecular formula is C12H18BrN3. The molecule has 0 aliphatic carbocycles. The SMILES string of the molecule is Cc1ccc(C(=NC(C)(C)C)NN)c(Br)c1. The molecule has 0 atom stereocenters. The number of nitrogens with zero attached hydrogens (tertiary/aromatic N) is 1. The molecule has 1 rings (SSSR count). The van der Waals surface area contributed by atoms with Crippen LogP contribution in [0.4, 0.5) is 0 Å². The van der Waals surface area contributed by atoms with Crippen LogP contribution in [0.2, 0.25) is 0 Å². The maximum atomic E-state index is 5.52. The highest BCUT2D eigenvalue weighted by atomic mass is 79.9. The van der Waals surface area contributed by atoms with Crippen LogP contribution < -0.4 is 11.3 Å². The van der Waals surface area contributed by atoms with Crippen molar-refractivity contribution in [2.45, 2.75) is 33.2 Å². The largest absolute Gasteiger partial charge is 0.308 e. The van der Waals surface area contributed by atoms with E-state index in [-0.39, 0.29) is 5.54 Å². The van der Waals surface area contributed by atoms with Crippen molar-refractivity contribution < 1.29 is 0 Å². The van der Waals surface area contributed by atoms with Crippen molar-refractivity contribution in [3.63, 3.8) is 0 Å². The Balaban J connectivity index is 3.19. The summed E-state index contributed by atoms with van der Waals surface area (Å²) in [5, 5.41) is 0. The smallest absolute Gasteiger partial charge is 0.144 e. The molecule has 3 nitrogen and oxygen atoms in total. The molecular weight excluding hydrogens is 266 g/mol. The lowest BCUT2D eigenvalue weighted by atomic mass is 10.1. The number of amidine groups is 1. The molecule has 0 saturated heterocycles. The van der Waals surface area contributed by atoms with Gasteiger partial charge in [0.1, 0.15) is 5.84 Å². The third-order valence-electron chi connectivity index (χ3n) is 1.96. The Kier molecular flexibility index (Phi) is 4.10. The summed E-state index contributed by atoms with van der Waals surface area (Å²) in [4.78, 5) is 4.54. The second kappa shape index (κ2) is 4.97. The van der Waals surface area contributed by atoms with Gasteiger partial charge in [-0.2, -0.15) is 0 Å². The second-order valence-electron chi connectivity index (χ2n) is 4.76. The molecule has 1 aromatic carbocycles. The Morgan fingerprint density at radius 1 is 1.38 bits per heavy atom. The van der Waals surface area contributed by atoms with Crippen molar-refractivity contribution in [2.75, 3.05) is 0 Å². The highest BCUT2D eigenvalue weighted by Gasteiger charge is 2.12. The van der Waals surface area contributed by atoms with E-state index in [0.717, 1.165) is 10.0 Å². The van der Waals surface area contributed by atoms with E-state index in [9.17, 15) is 0 Å². The van der Waals surface area contributed by atoms with Crippen LogP contribution >= 0.6 is 15.9 Å². The molecule has 0 saturated carbocycles. The normalized spacial score (nSPS) is 12.8. The van der Waals surface area contributed by atoms with Crippen molar-refractivity contribution in [2.24, 2.45) is 10.8 Å². The number of hydrogen-bond acceptors (Lipinski definition) is 2. The maximum Gasteiger partial charge on any atom is 0.144 e. The van der Waals surface area contributed by atoms with Gasteiger partial charge in [0.05, 0.1) is 5.54 Å². The summed E-state index contributed by atoms with van der Waals surface area (Å²) in [7, 11) is 0. The van der Waals surface area contributed by atoms with Crippen LogP contribution in [0.25, 0.3) is 0 Å². The zero-order valence-corrected chi connectivity index (χ0v) is 11.7. The van der Waals surface area contributed by atoms with Crippen LogP contribution in [-0.2, 0) is 0 Å². The molecule has 0 aliphatic rings. The van der Waals surface area contributed by atoms with Gasteiger partial charge in [-0.1, -0.05) is 22.0 Å². The first-order valence-electron chi connectivity index (χ1n) is 5.16. The van der Waals surface area contributed by atoms with E-state index in [4.69, 9.17) is 5.84 Å². The Bertz CT molecular complexity index is 405. The van der Waals surface area contributed by atoms with Crippen LogP contribution in [0.5, 0.6) is 0 Å². The highest BCUT2D eigenvalue weighted by Crippen LogP contribution is 2.20. The third kappa shape index (κ3) is 3.61. The van der Waals surface area contributed by atoms with Gasteiger partial charge < -0.3 is 5.43 Å². The molecule has 1 aromatic rings. The van der Waals surface area contributed by atoms with Gasteiger partial charge in [0.15, 0.2) is 0 Å². The lowest BCUT2D eigenvalue weighted by Crippen LogP contribution is -2.33. The van der Waals surface area contributed by atoms with Crippen LogP contribution in [0.3, 0.4) is 0 Å². The zero-order chi connectivity index (χ0) is 12.3. The Morgan fingerprint density at radius 3 is 2.44 bits per heavy atom. The van der Waals surface area contributed by atoms with E-state index >= 15 is 0 Å². The molecule has 0 radical (unpaired) electrons. The summed E-state index contributed by atoms with van der Waals surface area (Å²) in [6, 6.07) is 6.09. The van der Waals surface area contributed by atoms with Crippen LogP contribution in [0.1, 0.15) is 31.9 Å². The van der Waals surface area contributed by atoms with Crippen molar-refractivity contribution in [1.82, 2.24) is 5.43 Å². The van der Waals surface area contributed by atoms with Crippen molar-refractivity contribution in [1.29, 1.82) is 0 Å². The summed E-state index contributed by atoms with van der Waals surface area (Å²) in [6.07, 6.45) is 0. The average molecular weight is 284 g/mol. The maximum absolute atomic E-state index is 5.52. The quantitative estimate of drug-likeness (QED) is 0.360. The Hall–Kier alpha value is -0.870. The number of nitrogens with two attached hydrogens (primary N) is 1. The van der Waals surface area contributed by atoms with E-state index in [0.29, 0.717) is 5.84 Å². The second-order valence-corrected chi connectivity index (χ2v) is 5.61. The number of aryl methyl sites for hydroxylation is 1. The minimum atomic E-state index is -0.161. The van der Waals surface area contributed by atoms with Crippen molar-refractivity contribution in [3.8, 4) is 0 Å². The molecule has 88 valence electrons. The average Bonchev–Trinajstić information content (AvgIpc) is 2.13. The van der Waals surface area contributed by atoms with Gasteiger partial charge in [-0.3, -0.25) is 4.99 Å². The summed E-state index contributed by atoms with van der Waals surface area (Å²) in [5.74, 6) is 6.21. The molecule has 3 N–H and O–H groups in total. The molecule has 0 heterocycles. The van der Waals surface area contributed by atoms with Crippen LogP contribution in [0.15, 0.2) is 27.7 Å². The minimum absolute atomic E-state index is 0.161. The number of benzene rings is 1. The fourth-order valence-electron chi connectivity index (χ4n) is 1.32. The molecule has 16 heavy (non-hydrogen) atoms. The molecule has 0 unspecified atom stereocenters.